The number of carbonyl (C=O) groups excluding carboxylic acids is 1. The number of nitrogens with zero attached hydrogens (tertiary/aromatic N) is 3. The minimum Gasteiger partial charge on any atom is -0.335 e. The second-order valence-corrected chi connectivity index (χ2v) is 5.55. The van der Waals surface area contributed by atoms with Gasteiger partial charge in [0.15, 0.2) is 0 Å². The maximum atomic E-state index is 12.6. The maximum absolute atomic E-state index is 12.6. The molecule has 0 aromatic carbocycles. The number of aryl methyl sites for hydroxylation is 2. The van der Waals surface area contributed by atoms with E-state index >= 15 is 0 Å². The van der Waals surface area contributed by atoms with Crippen molar-refractivity contribution < 1.29 is 4.79 Å². The molecule has 2 rings (SSSR count). The Balaban J connectivity index is 2.23. The first-order chi connectivity index (χ1) is 8.63. The van der Waals surface area contributed by atoms with Gasteiger partial charge in [-0.3, -0.25) is 4.79 Å². The van der Waals surface area contributed by atoms with Crippen molar-refractivity contribution in [2.75, 3.05) is 11.9 Å². The van der Waals surface area contributed by atoms with Crippen LogP contribution < -0.4 is 0 Å². The van der Waals surface area contributed by atoms with Gasteiger partial charge in [-0.25, -0.2) is 0 Å². The molecule has 1 aliphatic rings. The fourth-order valence-corrected chi connectivity index (χ4v) is 2.54. The lowest BCUT2D eigenvalue weighted by Gasteiger charge is -2.37. The summed E-state index contributed by atoms with van der Waals surface area (Å²) in [7, 11) is 0. The minimum atomic E-state index is 0.0923. The smallest absolute Gasteiger partial charge is 0.256 e. The fourth-order valence-electron chi connectivity index (χ4n) is 2.16. The maximum Gasteiger partial charge on any atom is 0.256 e. The zero-order valence-corrected chi connectivity index (χ0v) is 12.4. The second-order valence-electron chi connectivity index (χ2n) is 4.76. The first-order valence-corrected chi connectivity index (χ1v) is 7.43. The molecular formula is C13H18BrN3O. The van der Waals surface area contributed by atoms with Crippen LogP contribution in [0.4, 0.5) is 0 Å². The van der Waals surface area contributed by atoms with Crippen LogP contribution in [0.15, 0.2) is 6.07 Å². The molecule has 1 saturated carbocycles. The molecule has 4 nitrogen and oxygen atoms in total. The summed E-state index contributed by atoms with van der Waals surface area (Å²) >= 11 is 3.42. The summed E-state index contributed by atoms with van der Waals surface area (Å²) in [6.45, 7) is 4.46. The molecule has 0 radical (unpaired) electrons. The number of alkyl halides is 1. The third-order valence-corrected chi connectivity index (χ3v) is 3.79. The van der Waals surface area contributed by atoms with Gasteiger partial charge in [0.1, 0.15) is 0 Å². The molecule has 0 saturated heterocycles. The second kappa shape index (κ2) is 5.78. The fraction of sp³-hybridized carbons (Fsp3) is 0.615. The van der Waals surface area contributed by atoms with E-state index in [0.29, 0.717) is 17.3 Å². The van der Waals surface area contributed by atoms with Crippen LogP contribution in [0, 0.1) is 13.8 Å². The Hall–Kier alpha value is -0.970. The summed E-state index contributed by atoms with van der Waals surface area (Å²) in [6.07, 6.45) is 3.47. The Morgan fingerprint density at radius 3 is 2.72 bits per heavy atom. The minimum absolute atomic E-state index is 0.0923. The molecule has 98 valence electrons. The van der Waals surface area contributed by atoms with Crippen LogP contribution in [0.1, 0.15) is 41.0 Å². The molecule has 0 aliphatic heterocycles. The lowest BCUT2D eigenvalue weighted by molar-refractivity contribution is 0.0598. The van der Waals surface area contributed by atoms with Gasteiger partial charge < -0.3 is 4.90 Å². The van der Waals surface area contributed by atoms with E-state index in [2.05, 4.69) is 26.1 Å². The largest absolute Gasteiger partial charge is 0.335 e. The van der Waals surface area contributed by atoms with E-state index in [1.54, 1.807) is 0 Å². The topological polar surface area (TPSA) is 46.1 Å². The molecular weight excluding hydrogens is 294 g/mol. The van der Waals surface area contributed by atoms with Gasteiger partial charge in [0, 0.05) is 17.9 Å². The van der Waals surface area contributed by atoms with Gasteiger partial charge in [-0.05, 0) is 39.2 Å². The third-order valence-electron chi connectivity index (χ3n) is 3.43. The van der Waals surface area contributed by atoms with E-state index in [9.17, 15) is 4.79 Å². The van der Waals surface area contributed by atoms with E-state index in [1.807, 2.05) is 24.8 Å². The van der Waals surface area contributed by atoms with Gasteiger partial charge in [0.25, 0.3) is 5.91 Å². The highest BCUT2D eigenvalue weighted by atomic mass is 79.9. The number of carbonyl (C=O) groups is 1. The standard InChI is InChI=1S/C13H18BrN3O/c1-9-8-12(10(2)16-15-9)13(18)17(7-6-14)11-4-3-5-11/h8,11H,3-7H2,1-2H3. The number of hydrogen-bond donors (Lipinski definition) is 0. The van der Waals surface area contributed by atoms with Crippen LogP contribution >= 0.6 is 15.9 Å². The van der Waals surface area contributed by atoms with Crippen molar-refractivity contribution in [3.05, 3.63) is 23.0 Å². The van der Waals surface area contributed by atoms with Crippen LogP contribution in [-0.2, 0) is 0 Å². The van der Waals surface area contributed by atoms with Crippen molar-refractivity contribution >= 4 is 21.8 Å². The van der Waals surface area contributed by atoms with Gasteiger partial charge in [0.05, 0.1) is 17.0 Å². The van der Waals surface area contributed by atoms with Gasteiger partial charge in [-0.15, -0.1) is 0 Å². The molecule has 0 atom stereocenters. The van der Waals surface area contributed by atoms with E-state index in [-0.39, 0.29) is 5.91 Å². The molecule has 1 amide bonds. The average Bonchev–Trinajstić information content (AvgIpc) is 2.28. The first kappa shape index (κ1) is 13.5. The van der Waals surface area contributed by atoms with Gasteiger partial charge >= 0.3 is 0 Å². The molecule has 5 heteroatoms. The van der Waals surface area contributed by atoms with Crippen molar-refractivity contribution in [3.63, 3.8) is 0 Å². The lowest BCUT2D eigenvalue weighted by Crippen LogP contribution is -2.45. The van der Waals surface area contributed by atoms with E-state index < -0.39 is 0 Å². The molecule has 0 bridgehead atoms. The van der Waals surface area contributed by atoms with Gasteiger partial charge in [-0.2, -0.15) is 10.2 Å². The van der Waals surface area contributed by atoms with Crippen molar-refractivity contribution in [2.45, 2.75) is 39.2 Å². The van der Waals surface area contributed by atoms with E-state index in [4.69, 9.17) is 0 Å². The highest BCUT2D eigenvalue weighted by Gasteiger charge is 2.29. The lowest BCUT2D eigenvalue weighted by atomic mass is 9.91. The van der Waals surface area contributed by atoms with Crippen LogP contribution in [0.25, 0.3) is 0 Å². The Bertz CT molecular complexity index is 446. The number of aromatic nitrogens is 2. The predicted octanol–water partition coefficient (Wildman–Crippen LogP) is 2.48. The quantitative estimate of drug-likeness (QED) is 0.803. The summed E-state index contributed by atoms with van der Waals surface area (Å²) in [5.74, 6) is 0.0923. The summed E-state index contributed by atoms with van der Waals surface area (Å²) in [4.78, 5) is 14.6. The average molecular weight is 312 g/mol. The van der Waals surface area contributed by atoms with Gasteiger partial charge in [0.2, 0.25) is 0 Å². The monoisotopic (exact) mass is 311 g/mol. The van der Waals surface area contributed by atoms with Crippen molar-refractivity contribution in [1.29, 1.82) is 0 Å². The van der Waals surface area contributed by atoms with Crippen molar-refractivity contribution in [3.8, 4) is 0 Å². The number of rotatable bonds is 4. The molecule has 1 heterocycles. The van der Waals surface area contributed by atoms with E-state index in [1.165, 1.54) is 6.42 Å². The molecule has 1 aliphatic carbocycles. The van der Waals surface area contributed by atoms with Crippen LogP contribution in [0.2, 0.25) is 0 Å². The zero-order chi connectivity index (χ0) is 13.1. The molecule has 1 aromatic heterocycles. The molecule has 0 N–H and O–H groups in total. The molecule has 0 spiro atoms. The van der Waals surface area contributed by atoms with Gasteiger partial charge in [-0.1, -0.05) is 15.9 Å². The summed E-state index contributed by atoms with van der Waals surface area (Å²) in [5.41, 5.74) is 2.19. The third kappa shape index (κ3) is 2.71. The molecule has 0 unspecified atom stereocenters. The van der Waals surface area contributed by atoms with Crippen molar-refractivity contribution in [2.24, 2.45) is 0 Å². The Kier molecular flexibility index (Phi) is 4.32. The Labute approximate surface area is 116 Å². The number of amides is 1. The summed E-state index contributed by atoms with van der Waals surface area (Å²) in [5, 5.41) is 8.82. The Morgan fingerprint density at radius 2 is 2.17 bits per heavy atom. The first-order valence-electron chi connectivity index (χ1n) is 6.31. The van der Waals surface area contributed by atoms with Crippen LogP contribution in [0.3, 0.4) is 0 Å². The molecule has 1 aromatic rings. The predicted molar refractivity (Wildman–Crippen MR) is 74.0 cm³/mol. The highest BCUT2D eigenvalue weighted by Crippen LogP contribution is 2.26. The Morgan fingerprint density at radius 1 is 1.44 bits per heavy atom. The van der Waals surface area contributed by atoms with Crippen molar-refractivity contribution in [1.82, 2.24) is 15.1 Å². The zero-order valence-electron chi connectivity index (χ0n) is 10.8. The molecule has 18 heavy (non-hydrogen) atoms. The normalized spacial score (nSPS) is 15.3. The van der Waals surface area contributed by atoms with E-state index in [0.717, 1.165) is 30.4 Å². The number of halogens is 1. The highest BCUT2D eigenvalue weighted by molar-refractivity contribution is 9.09. The van der Waals surface area contributed by atoms with Crippen LogP contribution in [-0.4, -0.2) is 38.9 Å². The number of hydrogen-bond acceptors (Lipinski definition) is 3. The van der Waals surface area contributed by atoms with Crippen LogP contribution in [0.5, 0.6) is 0 Å². The molecule has 1 fully saturated rings. The summed E-state index contributed by atoms with van der Waals surface area (Å²) < 4.78 is 0. The summed E-state index contributed by atoms with van der Waals surface area (Å²) in [6, 6.07) is 2.24. The SMILES string of the molecule is Cc1cc(C(=O)N(CCBr)C2CCC2)c(C)nn1.